The molecule has 3 aromatic carbocycles. The summed E-state index contributed by atoms with van der Waals surface area (Å²) < 4.78 is 1.74. The van der Waals surface area contributed by atoms with E-state index in [9.17, 15) is 9.59 Å². The molecule has 0 saturated carbocycles. The number of amides is 2. The number of hydrogen-bond acceptors (Lipinski definition) is 2. The van der Waals surface area contributed by atoms with Gasteiger partial charge in [0.15, 0.2) is 6.04 Å². The summed E-state index contributed by atoms with van der Waals surface area (Å²) in [6.45, 7) is 1.92. The van der Waals surface area contributed by atoms with E-state index in [1.165, 1.54) is 0 Å². The van der Waals surface area contributed by atoms with Crippen molar-refractivity contribution in [3.63, 3.8) is 0 Å². The van der Waals surface area contributed by atoms with Gasteiger partial charge < -0.3 is 5.32 Å². The van der Waals surface area contributed by atoms with Crippen molar-refractivity contribution in [1.29, 1.82) is 0 Å². The predicted octanol–water partition coefficient (Wildman–Crippen LogP) is 3.66. The van der Waals surface area contributed by atoms with Gasteiger partial charge in [-0.1, -0.05) is 59.6 Å². The van der Waals surface area contributed by atoms with Crippen molar-refractivity contribution in [2.24, 2.45) is 0 Å². The molecule has 6 heteroatoms. The highest BCUT2D eigenvalue weighted by atomic mass is 35.5. The Morgan fingerprint density at radius 1 is 1.03 bits per heavy atom. The van der Waals surface area contributed by atoms with Crippen LogP contribution in [0.15, 0.2) is 78.9 Å². The van der Waals surface area contributed by atoms with E-state index in [2.05, 4.69) is 10.7 Å². The Morgan fingerprint density at radius 2 is 1.77 bits per heavy atom. The number of nitrogens with zero attached hydrogens (tertiary/aromatic N) is 1. The Labute approximate surface area is 180 Å². The van der Waals surface area contributed by atoms with Gasteiger partial charge in [0.05, 0.1) is 0 Å². The van der Waals surface area contributed by atoms with Crippen LogP contribution in [-0.2, 0) is 4.79 Å². The molecule has 1 heterocycles. The molecule has 4 rings (SSSR count). The smallest absolute Gasteiger partial charge is 0.304 e. The van der Waals surface area contributed by atoms with Crippen LogP contribution in [0.2, 0.25) is 5.02 Å². The zero-order valence-electron chi connectivity index (χ0n) is 16.4. The highest BCUT2D eigenvalue weighted by Crippen LogP contribution is 2.26. The van der Waals surface area contributed by atoms with E-state index in [4.69, 9.17) is 11.6 Å². The second kappa shape index (κ2) is 8.51. The van der Waals surface area contributed by atoms with Gasteiger partial charge in [0.2, 0.25) is 12.3 Å². The fourth-order valence-electron chi connectivity index (χ4n) is 3.55. The number of benzene rings is 3. The Bertz CT molecular complexity index is 1110. The van der Waals surface area contributed by atoms with E-state index in [0.717, 1.165) is 16.7 Å². The molecule has 1 aliphatic rings. The Morgan fingerprint density at radius 3 is 2.47 bits per heavy atom. The maximum absolute atomic E-state index is 12.9. The van der Waals surface area contributed by atoms with Crippen LogP contribution >= 0.6 is 11.6 Å². The third-order valence-corrected chi connectivity index (χ3v) is 5.26. The zero-order chi connectivity index (χ0) is 21.1. The van der Waals surface area contributed by atoms with Gasteiger partial charge in [0.25, 0.3) is 5.91 Å². The molecule has 30 heavy (non-hydrogen) atoms. The Hall–Kier alpha value is -3.44. The van der Waals surface area contributed by atoms with Gasteiger partial charge in [-0.3, -0.25) is 9.59 Å². The van der Waals surface area contributed by atoms with Crippen LogP contribution in [0.3, 0.4) is 0 Å². The van der Waals surface area contributed by atoms with Crippen molar-refractivity contribution in [2.45, 2.75) is 19.0 Å². The van der Waals surface area contributed by atoms with Crippen LogP contribution in [0.25, 0.3) is 0 Å². The summed E-state index contributed by atoms with van der Waals surface area (Å²) in [4.78, 5) is 25.7. The van der Waals surface area contributed by atoms with E-state index < -0.39 is 12.1 Å². The summed E-state index contributed by atoms with van der Waals surface area (Å²) in [5.74, 6) is -0.567. The summed E-state index contributed by atoms with van der Waals surface area (Å²) in [6, 6.07) is 23.1. The van der Waals surface area contributed by atoms with Gasteiger partial charge in [-0.25, -0.2) is 0 Å². The number of hydrazine groups is 1. The van der Waals surface area contributed by atoms with Crippen LogP contribution in [0.5, 0.6) is 0 Å². The first-order valence-corrected chi connectivity index (χ1v) is 10.0. The molecular weight excluding hydrogens is 398 g/mol. The van der Waals surface area contributed by atoms with Crippen LogP contribution in [-0.4, -0.2) is 28.8 Å². The molecule has 0 radical (unpaired) electrons. The number of aryl methyl sites for hydroxylation is 1. The molecule has 1 saturated heterocycles. The van der Waals surface area contributed by atoms with Gasteiger partial charge in [0.1, 0.15) is 0 Å². The summed E-state index contributed by atoms with van der Waals surface area (Å²) >= 11 is 6.06. The van der Waals surface area contributed by atoms with Gasteiger partial charge in [0, 0.05) is 21.7 Å². The second-order valence-corrected chi connectivity index (χ2v) is 7.68. The first kappa shape index (κ1) is 19.9. The summed E-state index contributed by atoms with van der Waals surface area (Å²) in [5.41, 5.74) is 6.16. The molecule has 1 aliphatic heterocycles. The molecule has 0 bridgehead atoms. The first-order valence-electron chi connectivity index (χ1n) is 9.63. The Kier molecular flexibility index (Phi) is 5.63. The van der Waals surface area contributed by atoms with Crippen LogP contribution in [0.1, 0.15) is 33.1 Å². The third kappa shape index (κ3) is 4.26. The van der Waals surface area contributed by atoms with E-state index in [0.29, 0.717) is 10.6 Å². The molecule has 1 fully saturated rings. The molecule has 5 nitrogen and oxygen atoms in total. The van der Waals surface area contributed by atoms with Crippen molar-refractivity contribution in [1.82, 2.24) is 10.7 Å². The van der Waals surface area contributed by atoms with Crippen molar-refractivity contribution >= 4 is 29.6 Å². The number of hydrazone groups is 1. The molecule has 0 spiro atoms. The lowest BCUT2D eigenvalue weighted by Crippen LogP contribution is -2.42. The van der Waals surface area contributed by atoms with E-state index in [1.807, 2.05) is 67.7 Å². The van der Waals surface area contributed by atoms with E-state index in [-0.39, 0.29) is 11.8 Å². The standard InChI is InChI=1S/C24H20ClN3O2/c1-16-6-5-9-19(14-16)23(29)26-21-22(18-10-12-20(25)13-11-18)28(27-24(21)30)15-17-7-3-2-4-8-17/h2-15,21-22H,1H3,(H-,26,27,29,30)/p+1/b28-15-/t21-,22+/m1/s1. The maximum Gasteiger partial charge on any atom is 0.304 e. The van der Waals surface area contributed by atoms with Crippen molar-refractivity contribution in [2.75, 3.05) is 0 Å². The minimum Gasteiger partial charge on any atom is -0.334 e. The molecular formula is C24H21ClN3O2+. The fraction of sp³-hybridized carbons (Fsp3) is 0.125. The molecule has 0 unspecified atom stereocenters. The van der Waals surface area contributed by atoms with Gasteiger partial charge >= 0.3 is 5.91 Å². The SMILES string of the molecule is Cc1cccc(C(=O)N[C@H]2C(=O)N/[N+](=C\c3ccccc3)[C@H]2c2ccc(Cl)cc2)c1. The molecule has 0 aliphatic carbocycles. The fourth-order valence-corrected chi connectivity index (χ4v) is 3.68. The van der Waals surface area contributed by atoms with Crippen LogP contribution in [0.4, 0.5) is 0 Å². The van der Waals surface area contributed by atoms with Crippen LogP contribution < -0.4 is 10.7 Å². The van der Waals surface area contributed by atoms with Gasteiger partial charge in [-0.15, -0.1) is 10.1 Å². The molecule has 0 aromatic heterocycles. The van der Waals surface area contributed by atoms with Crippen molar-refractivity contribution in [3.05, 3.63) is 106 Å². The second-order valence-electron chi connectivity index (χ2n) is 7.24. The lowest BCUT2D eigenvalue weighted by atomic mass is 9.99. The highest BCUT2D eigenvalue weighted by Gasteiger charge is 2.47. The van der Waals surface area contributed by atoms with Crippen molar-refractivity contribution < 1.29 is 14.3 Å². The monoisotopic (exact) mass is 418 g/mol. The molecule has 2 N–H and O–H groups in total. The lowest BCUT2D eigenvalue weighted by Gasteiger charge is -2.15. The minimum absolute atomic E-state index is 0.275. The highest BCUT2D eigenvalue weighted by molar-refractivity contribution is 6.30. The average Bonchev–Trinajstić information content (AvgIpc) is 3.04. The number of carbonyl (C=O) groups excluding carboxylic acids is 2. The molecule has 3 aromatic rings. The van der Waals surface area contributed by atoms with Crippen molar-refractivity contribution in [3.8, 4) is 0 Å². The lowest BCUT2D eigenvalue weighted by molar-refractivity contribution is -0.596. The van der Waals surface area contributed by atoms with E-state index in [1.54, 1.807) is 28.9 Å². The number of rotatable bonds is 4. The normalized spacial score (nSPS) is 19.5. The largest absolute Gasteiger partial charge is 0.334 e. The minimum atomic E-state index is -0.765. The molecule has 2 amide bonds. The first-order chi connectivity index (χ1) is 14.5. The number of nitrogens with one attached hydrogen (secondary N) is 2. The quantitative estimate of drug-likeness (QED) is 0.635. The third-order valence-electron chi connectivity index (χ3n) is 5.00. The average molecular weight is 419 g/mol. The van der Waals surface area contributed by atoms with Gasteiger partial charge in [-0.2, -0.15) is 0 Å². The summed E-state index contributed by atoms with van der Waals surface area (Å²) in [6.07, 6.45) is 1.86. The van der Waals surface area contributed by atoms with Crippen LogP contribution in [0, 0.1) is 6.92 Å². The number of halogens is 1. The van der Waals surface area contributed by atoms with E-state index >= 15 is 0 Å². The molecule has 150 valence electrons. The summed E-state index contributed by atoms with van der Waals surface area (Å²) in [5, 5.41) is 3.51. The number of carbonyl (C=O) groups is 2. The zero-order valence-corrected chi connectivity index (χ0v) is 17.1. The topological polar surface area (TPSA) is 61.2 Å². The summed E-state index contributed by atoms with van der Waals surface area (Å²) in [7, 11) is 0. The number of hydrogen-bond donors (Lipinski definition) is 2. The predicted molar refractivity (Wildman–Crippen MR) is 117 cm³/mol. The van der Waals surface area contributed by atoms with Gasteiger partial charge in [-0.05, 0) is 43.3 Å². The molecule has 2 atom stereocenters. The maximum atomic E-state index is 12.9. The Balaban J connectivity index is 1.70.